The van der Waals surface area contributed by atoms with E-state index in [1.807, 2.05) is 0 Å². The molecule has 0 aromatic heterocycles. The molecule has 88 valence electrons. The number of halogens is 1. The Kier molecular flexibility index (Phi) is 4.22. The first-order valence-corrected chi connectivity index (χ1v) is 6.30. The maximum absolute atomic E-state index is 11.6. The minimum atomic E-state index is -3.87. The van der Waals surface area contributed by atoms with Crippen LogP contribution in [-0.2, 0) is 10.0 Å². The van der Waals surface area contributed by atoms with Gasteiger partial charge in [0.25, 0.3) is 5.69 Å². The summed E-state index contributed by atoms with van der Waals surface area (Å²) >= 11 is 5.34. The predicted octanol–water partition coefficient (Wildman–Crippen LogP) is 1.11. The highest BCUT2D eigenvalue weighted by Gasteiger charge is 2.24. The van der Waals surface area contributed by atoms with Crippen LogP contribution in [-0.4, -0.2) is 25.8 Å². The quantitative estimate of drug-likeness (QED) is 0.490. The average molecular weight is 265 g/mol. The number of alkyl halides is 1. The number of hydrogen-bond donors (Lipinski definition) is 1. The Labute approximate surface area is 97.4 Å². The van der Waals surface area contributed by atoms with E-state index in [4.69, 9.17) is 11.6 Å². The van der Waals surface area contributed by atoms with E-state index < -0.39 is 20.6 Å². The van der Waals surface area contributed by atoms with Crippen molar-refractivity contribution in [2.75, 3.05) is 12.4 Å². The van der Waals surface area contributed by atoms with E-state index >= 15 is 0 Å². The van der Waals surface area contributed by atoms with Gasteiger partial charge in [0.05, 0.1) is 4.92 Å². The molecule has 0 radical (unpaired) electrons. The van der Waals surface area contributed by atoms with Crippen LogP contribution in [0.3, 0.4) is 0 Å². The summed E-state index contributed by atoms with van der Waals surface area (Å²) in [6.45, 7) is 0.0237. The topological polar surface area (TPSA) is 89.3 Å². The van der Waals surface area contributed by atoms with Gasteiger partial charge >= 0.3 is 0 Å². The fourth-order valence-electron chi connectivity index (χ4n) is 1.09. The van der Waals surface area contributed by atoms with Gasteiger partial charge in [-0.25, -0.2) is 13.1 Å². The zero-order chi connectivity index (χ0) is 12.2. The minimum absolute atomic E-state index is 0.0237. The summed E-state index contributed by atoms with van der Waals surface area (Å²) in [6, 6.07) is 5.13. The van der Waals surface area contributed by atoms with Crippen molar-refractivity contribution in [1.82, 2.24) is 4.72 Å². The van der Waals surface area contributed by atoms with Crippen LogP contribution in [0, 0.1) is 10.1 Å². The molecule has 1 aromatic rings. The van der Waals surface area contributed by atoms with Crippen LogP contribution in [0.15, 0.2) is 29.2 Å². The van der Waals surface area contributed by atoms with Crippen molar-refractivity contribution in [3.8, 4) is 0 Å². The van der Waals surface area contributed by atoms with Crippen LogP contribution in [0.25, 0.3) is 0 Å². The Morgan fingerprint density at radius 3 is 2.56 bits per heavy atom. The Bertz CT molecular complexity index is 489. The molecule has 8 heteroatoms. The lowest BCUT2D eigenvalue weighted by atomic mass is 10.3. The molecule has 0 bridgehead atoms. The van der Waals surface area contributed by atoms with E-state index in [1.165, 1.54) is 18.2 Å². The van der Waals surface area contributed by atoms with Crippen molar-refractivity contribution >= 4 is 27.3 Å². The normalized spacial score (nSPS) is 11.3. The number of nitrogens with one attached hydrogen (secondary N) is 1. The van der Waals surface area contributed by atoms with Crippen molar-refractivity contribution in [3.63, 3.8) is 0 Å². The predicted molar refractivity (Wildman–Crippen MR) is 59.0 cm³/mol. The number of rotatable bonds is 5. The molecule has 6 nitrogen and oxygen atoms in total. The first-order valence-electron chi connectivity index (χ1n) is 4.28. The largest absolute Gasteiger partial charge is 0.289 e. The Balaban J connectivity index is 3.17. The van der Waals surface area contributed by atoms with Gasteiger partial charge in [-0.15, -0.1) is 11.6 Å². The number of nitrogens with zero attached hydrogens (tertiary/aromatic N) is 1. The highest BCUT2D eigenvalue weighted by Crippen LogP contribution is 2.22. The van der Waals surface area contributed by atoms with Gasteiger partial charge < -0.3 is 0 Å². The molecule has 0 saturated carbocycles. The van der Waals surface area contributed by atoms with Crippen LogP contribution in [0.2, 0.25) is 0 Å². The van der Waals surface area contributed by atoms with Crippen molar-refractivity contribution in [2.24, 2.45) is 0 Å². The van der Waals surface area contributed by atoms with Gasteiger partial charge in [-0.05, 0) is 6.07 Å². The van der Waals surface area contributed by atoms with Crippen LogP contribution in [0.5, 0.6) is 0 Å². The van der Waals surface area contributed by atoms with Gasteiger partial charge in [0.1, 0.15) is 0 Å². The summed E-state index contributed by atoms with van der Waals surface area (Å²) in [5, 5.41) is 10.6. The SMILES string of the molecule is O=[N+]([O-])c1ccccc1S(=O)(=O)NCCCl. The molecule has 1 N–H and O–H groups in total. The number of nitro benzene ring substituents is 1. The second kappa shape index (κ2) is 5.24. The Morgan fingerprint density at radius 2 is 2.00 bits per heavy atom. The van der Waals surface area contributed by atoms with E-state index in [-0.39, 0.29) is 17.3 Å². The molecule has 1 rings (SSSR count). The Hall–Kier alpha value is -1.18. The molecular weight excluding hydrogens is 256 g/mol. The third-order valence-corrected chi connectivity index (χ3v) is 3.44. The van der Waals surface area contributed by atoms with Crippen LogP contribution in [0.4, 0.5) is 5.69 Å². The number of benzene rings is 1. The lowest BCUT2D eigenvalue weighted by Crippen LogP contribution is -2.26. The summed E-state index contributed by atoms with van der Waals surface area (Å²) in [7, 11) is -3.87. The lowest BCUT2D eigenvalue weighted by Gasteiger charge is -2.05. The molecule has 0 saturated heterocycles. The molecule has 0 unspecified atom stereocenters. The maximum Gasteiger partial charge on any atom is 0.289 e. The average Bonchev–Trinajstić information content (AvgIpc) is 2.26. The first-order chi connectivity index (χ1) is 7.49. The van der Waals surface area contributed by atoms with E-state index in [9.17, 15) is 18.5 Å². The minimum Gasteiger partial charge on any atom is -0.258 e. The van der Waals surface area contributed by atoms with Crippen molar-refractivity contribution in [3.05, 3.63) is 34.4 Å². The van der Waals surface area contributed by atoms with E-state index in [2.05, 4.69) is 4.72 Å². The summed E-state index contributed by atoms with van der Waals surface area (Å²) < 4.78 is 25.4. The molecule has 0 fully saturated rings. The third-order valence-electron chi connectivity index (χ3n) is 1.74. The number of sulfonamides is 1. The highest BCUT2D eigenvalue weighted by atomic mass is 35.5. The van der Waals surface area contributed by atoms with Crippen molar-refractivity contribution < 1.29 is 13.3 Å². The first kappa shape index (κ1) is 12.9. The number of para-hydroxylation sites is 1. The van der Waals surface area contributed by atoms with E-state index in [0.29, 0.717) is 0 Å². The smallest absolute Gasteiger partial charge is 0.258 e. The molecule has 16 heavy (non-hydrogen) atoms. The molecular formula is C8H9ClN2O4S. The highest BCUT2D eigenvalue weighted by molar-refractivity contribution is 7.89. The maximum atomic E-state index is 11.6. The van der Waals surface area contributed by atoms with E-state index in [1.54, 1.807) is 0 Å². The van der Waals surface area contributed by atoms with Crippen LogP contribution < -0.4 is 4.72 Å². The second-order valence-electron chi connectivity index (χ2n) is 2.81. The number of nitro groups is 1. The molecule has 0 spiro atoms. The van der Waals surface area contributed by atoms with Crippen molar-refractivity contribution in [1.29, 1.82) is 0 Å². The van der Waals surface area contributed by atoms with Gasteiger partial charge in [0.15, 0.2) is 4.90 Å². The van der Waals surface area contributed by atoms with Crippen molar-refractivity contribution in [2.45, 2.75) is 4.90 Å². The summed E-state index contributed by atoms with van der Waals surface area (Å²) in [4.78, 5) is 9.53. The monoisotopic (exact) mass is 264 g/mol. The zero-order valence-electron chi connectivity index (χ0n) is 8.09. The second-order valence-corrected chi connectivity index (χ2v) is 4.92. The van der Waals surface area contributed by atoms with Crippen LogP contribution in [0.1, 0.15) is 0 Å². The molecule has 0 aliphatic carbocycles. The summed E-state index contributed by atoms with van der Waals surface area (Å²) in [6.07, 6.45) is 0. The third kappa shape index (κ3) is 2.91. The van der Waals surface area contributed by atoms with Gasteiger partial charge in [-0.1, -0.05) is 12.1 Å². The fourth-order valence-corrected chi connectivity index (χ4v) is 2.49. The lowest BCUT2D eigenvalue weighted by molar-refractivity contribution is -0.387. The summed E-state index contributed by atoms with van der Waals surface area (Å²) in [5.74, 6) is 0.0971. The van der Waals surface area contributed by atoms with E-state index in [0.717, 1.165) is 6.07 Å². The zero-order valence-corrected chi connectivity index (χ0v) is 9.66. The molecule has 0 aliphatic rings. The van der Waals surface area contributed by atoms with Gasteiger partial charge in [0.2, 0.25) is 10.0 Å². The number of hydrogen-bond acceptors (Lipinski definition) is 4. The van der Waals surface area contributed by atoms with Crippen LogP contribution >= 0.6 is 11.6 Å². The Morgan fingerprint density at radius 1 is 1.38 bits per heavy atom. The molecule has 0 amide bonds. The van der Waals surface area contributed by atoms with Gasteiger partial charge in [-0.3, -0.25) is 10.1 Å². The van der Waals surface area contributed by atoms with Gasteiger partial charge in [-0.2, -0.15) is 0 Å². The molecule has 0 atom stereocenters. The molecule has 0 heterocycles. The molecule has 0 aliphatic heterocycles. The summed E-state index contributed by atoms with van der Waals surface area (Å²) in [5.41, 5.74) is -0.454. The van der Waals surface area contributed by atoms with Gasteiger partial charge in [0, 0.05) is 18.5 Å². The fraction of sp³-hybridized carbons (Fsp3) is 0.250. The standard InChI is InChI=1S/C8H9ClN2O4S/c9-5-6-10-16(14,15)8-4-2-1-3-7(8)11(12)13/h1-4,10H,5-6H2. The molecule has 1 aromatic carbocycles.